The largest absolute Gasteiger partial charge is 0.481 e. The van der Waals surface area contributed by atoms with E-state index in [1.54, 1.807) is 6.92 Å². The number of carbonyl (C=O) groups excluding carboxylic acids is 1. The van der Waals surface area contributed by atoms with Gasteiger partial charge in [-0.05, 0) is 62.9 Å². The van der Waals surface area contributed by atoms with Gasteiger partial charge in [0.1, 0.15) is 0 Å². The molecule has 0 aromatic heterocycles. The van der Waals surface area contributed by atoms with E-state index in [0.717, 1.165) is 17.6 Å². The molecule has 0 radical (unpaired) electrons. The first-order valence-electron chi connectivity index (χ1n) is 13.9. The molecule has 4 N–H and O–H groups in total. The van der Waals surface area contributed by atoms with Gasteiger partial charge in [0, 0.05) is 12.5 Å². The Morgan fingerprint density at radius 3 is 2.23 bits per heavy atom. The van der Waals surface area contributed by atoms with Crippen molar-refractivity contribution in [3.8, 4) is 0 Å². The number of amides is 1. The molecule has 4 fully saturated rings. The summed E-state index contributed by atoms with van der Waals surface area (Å²) in [5.41, 5.74) is -1.14. The van der Waals surface area contributed by atoms with Crippen molar-refractivity contribution in [2.75, 3.05) is 6.54 Å². The Morgan fingerprint density at radius 1 is 1.14 bits per heavy atom. The second-order valence-corrected chi connectivity index (χ2v) is 11.3. The molecule has 0 aromatic carbocycles. The van der Waals surface area contributed by atoms with E-state index in [9.17, 15) is 24.9 Å². The number of hydrogen-bond donors (Lipinski definition) is 4. The number of carboxylic acid groups (broad SMARTS) is 1. The van der Waals surface area contributed by atoms with Crippen molar-refractivity contribution in [3.05, 3.63) is 23.8 Å². The molecule has 5 unspecified atom stereocenters. The van der Waals surface area contributed by atoms with Crippen molar-refractivity contribution in [2.45, 2.75) is 110 Å². The Kier molecular flexibility index (Phi) is 8.58. The minimum Gasteiger partial charge on any atom is -0.481 e. The van der Waals surface area contributed by atoms with Gasteiger partial charge in [-0.25, -0.2) is 0 Å². The van der Waals surface area contributed by atoms with E-state index in [-0.39, 0.29) is 18.2 Å². The topological polar surface area (TPSA) is 107 Å². The quantitative estimate of drug-likeness (QED) is 0.418. The van der Waals surface area contributed by atoms with Crippen LogP contribution in [0.4, 0.5) is 0 Å². The van der Waals surface area contributed by atoms with Gasteiger partial charge in [-0.2, -0.15) is 0 Å². The highest BCUT2D eigenvalue weighted by atomic mass is 16.4. The summed E-state index contributed by atoms with van der Waals surface area (Å²) >= 11 is 0. The molecule has 5 aliphatic rings. The highest BCUT2D eigenvalue weighted by molar-refractivity contribution is 5.85. The number of rotatable bonds is 3. The minimum absolute atomic E-state index is 0.0563. The average molecular weight is 490 g/mol. The Hall–Kier alpha value is -1.66. The first-order chi connectivity index (χ1) is 16.6. The first-order valence-corrected chi connectivity index (χ1v) is 13.9. The molecule has 4 saturated carbocycles. The van der Waals surface area contributed by atoms with Gasteiger partial charge in [-0.1, -0.05) is 70.6 Å². The number of aliphatic hydroxyl groups is 2. The van der Waals surface area contributed by atoms with Crippen molar-refractivity contribution in [1.82, 2.24) is 5.32 Å². The van der Waals surface area contributed by atoms with Crippen LogP contribution in [0.1, 0.15) is 98.3 Å². The molecule has 6 nitrogen and oxygen atoms in total. The number of allylic oxidation sites excluding steroid dienone is 1. The average Bonchev–Trinajstić information content (AvgIpc) is 3.24. The lowest BCUT2D eigenvalue weighted by Crippen LogP contribution is -2.54. The molecule has 2 bridgehead atoms. The van der Waals surface area contributed by atoms with E-state index >= 15 is 0 Å². The van der Waals surface area contributed by atoms with Crippen LogP contribution < -0.4 is 5.32 Å². The van der Waals surface area contributed by atoms with Crippen molar-refractivity contribution in [2.24, 2.45) is 28.6 Å². The Bertz CT molecular complexity index is 837. The number of carbonyl (C=O) groups is 2. The standard InChI is InChI=1S/C21H29NO5.C6H12.C2H6/c1-4-22-17(24)16-15-12(5-6-14(23)19(15,3)18(25)26)13-7-8-21(27)10-20(13,16)9-11(21)2;1-2-4-6-5-3-1;1-2/h5,13-16,23,27H,2,4,6-10H2,1,3H3,(H,22,24)(H,25,26);1-6H2;1-2H3/t13?,14?,15?,16?,19-,20?,21+;;/m1../s1. The summed E-state index contributed by atoms with van der Waals surface area (Å²) in [7, 11) is 0. The van der Waals surface area contributed by atoms with Gasteiger partial charge in [0.2, 0.25) is 5.91 Å². The summed E-state index contributed by atoms with van der Waals surface area (Å²) < 4.78 is 0. The van der Waals surface area contributed by atoms with Gasteiger partial charge in [0.05, 0.1) is 23.0 Å². The highest BCUT2D eigenvalue weighted by Gasteiger charge is 2.72. The summed E-state index contributed by atoms with van der Waals surface area (Å²) in [6.45, 7) is 12.0. The van der Waals surface area contributed by atoms with Crippen molar-refractivity contribution in [3.63, 3.8) is 0 Å². The Labute approximate surface area is 211 Å². The number of aliphatic carboxylic acids is 1. The Morgan fingerprint density at radius 2 is 1.71 bits per heavy atom. The summed E-state index contributed by atoms with van der Waals surface area (Å²) in [5, 5.41) is 34.7. The molecule has 1 amide bonds. The van der Waals surface area contributed by atoms with Crippen LogP contribution >= 0.6 is 0 Å². The summed E-state index contributed by atoms with van der Waals surface area (Å²) in [4.78, 5) is 25.5. The zero-order valence-electron chi connectivity index (χ0n) is 22.2. The smallest absolute Gasteiger partial charge is 0.312 e. The number of hydrogen-bond acceptors (Lipinski definition) is 4. The number of carboxylic acids is 1. The van der Waals surface area contributed by atoms with Crippen LogP contribution in [0, 0.1) is 28.6 Å². The van der Waals surface area contributed by atoms with Crippen LogP contribution in [0.5, 0.6) is 0 Å². The predicted molar refractivity (Wildman–Crippen MR) is 138 cm³/mol. The lowest BCUT2D eigenvalue weighted by molar-refractivity contribution is -0.163. The molecule has 0 heterocycles. The lowest BCUT2D eigenvalue weighted by atomic mass is 9.60. The zero-order valence-corrected chi connectivity index (χ0v) is 22.2. The molecule has 0 saturated heterocycles. The monoisotopic (exact) mass is 489 g/mol. The van der Waals surface area contributed by atoms with Crippen LogP contribution in [0.15, 0.2) is 23.8 Å². The molecule has 7 atom stereocenters. The molecule has 1 spiro atoms. The maximum Gasteiger partial charge on any atom is 0.312 e. The molecule has 35 heavy (non-hydrogen) atoms. The molecule has 5 aliphatic carbocycles. The molecule has 198 valence electrons. The molecule has 6 heteroatoms. The molecule has 0 aliphatic heterocycles. The van der Waals surface area contributed by atoms with Crippen LogP contribution in [0.25, 0.3) is 0 Å². The van der Waals surface area contributed by atoms with E-state index in [1.165, 1.54) is 38.5 Å². The third-order valence-corrected chi connectivity index (χ3v) is 9.59. The summed E-state index contributed by atoms with van der Waals surface area (Å²) in [6.07, 6.45) is 12.5. The molecular formula is C29H47NO5. The van der Waals surface area contributed by atoms with Gasteiger partial charge in [0.25, 0.3) is 0 Å². The number of fused-ring (bicyclic) bond motifs is 3. The van der Waals surface area contributed by atoms with Gasteiger partial charge >= 0.3 is 5.97 Å². The van der Waals surface area contributed by atoms with Gasteiger partial charge in [-0.15, -0.1) is 0 Å². The van der Waals surface area contributed by atoms with E-state index in [4.69, 9.17) is 0 Å². The third-order valence-electron chi connectivity index (χ3n) is 9.59. The third kappa shape index (κ3) is 4.50. The second kappa shape index (κ2) is 10.8. The number of nitrogens with one attached hydrogen (secondary N) is 1. The first kappa shape index (κ1) is 27.9. The second-order valence-electron chi connectivity index (χ2n) is 11.3. The van der Waals surface area contributed by atoms with Gasteiger partial charge < -0.3 is 20.6 Å². The maximum absolute atomic E-state index is 13.2. The molecular weight excluding hydrogens is 442 g/mol. The normalized spacial score (nSPS) is 41.2. The van der Waals surface area contributed by atoms with Crippen LogP contribution in [-0.4, -0.2) is 45.4 Å². The van der Waals surface area contributed by atoms with E-state index in [1.807, 2.05) is 26.8 Å². The SMILES string of the molecule is C1CCCCC1.C=C1CC23C[C@@]1(O)CCC2C1=CCC(O)[C@@](C)(C(=O)O)C1C3C(=O)NCC.CC. The van der Waals surface area contributed by atoms with E-state index in [2.05, 4.69) is 11.9 Å². The fraction of sp³-hybridized carbons (Fsp3) is 0.793. The highest BCUT2D eigenvalue weighted by Crippen LogP contribution is 2.73. The van der Waals surface area contributed by atoms with Crippen molar-refractivity contribution >= 4 is 11.9 Å². The zero-order chi connectivity index (χ0) is 26.0. The predicted octanol–water partition coefficient (Wildman–Crippen LogP) is 4.99. The van der Waals surface area contributed by atoms with Crippen LogP contribution in [0.2, 0.25) is 0 Å². The maximum atomic E-state index is 13.2. The van der Waals surface area contributed by atoms with Gasteiger partial charge in [-0.3, -0.25) is 9.59 Å². The summed E-state index contributed by atoms with van der Waals surface area (Å²) in [6, 6.07) is 0. The van der Waals surface area contributed by atoms with E-state index < -0.39 is 40.3 Å². The van der Waals surface area contributed by atoms with Gasteiger partial charge in [0.15, 0.2) is 0 Å². The van der Waals surface area contributed by atoms with Crippen molar-refractivity contribution in [1.29, 1.82) is 0 Å². The summed E-state index contributed by atoms with van der Waals surface area (Å²) in [5.74, 6) is -2.33. The van der Waals surface area contributed by atoms with Crippen molar-refractivity contribution < 1.29 is 24.9 Å². The van der Waals surface area contributed by atoms with Crippen LogP contribution in [0.3, 0.4) is 0 Å². The fourth-order valence-electron chi connectivity index (χ4n) is 7.85. The number of aliphatic hydroxyl groups excluding tert-OH is 1. The molecule has 5 rings (SSSR count). The molecule has 0 aromatic rings. The lowest BCUT2D eigenvalue weighted by Gasteiger charge is -2.44. The van der Waals surface area contributed by atoms with E-state index in [0.29, 0.717) is 25.8 Å². The Balaban J connectivity index is 0.000000369. The fourth-order valence-corrected chi connectivity index (χ4v) is 7.85. The minimum atomic E-state index is -1.42. The van der Waals surface area contributed by atoms with Crippen LogP contribution in [-0.2, 0) is 9.59 Å².